The van der Waals surface area contributed by atoms with Crippen LogP contribution < -0.4 is 10.9 Å². The van der Waals surface area contributed by atoms with Gasteiger partial charge in [-0.05, 0) is 30.4 Å². The van der Waals surface area contributed by atoms with Crippen LogP contribution in [0, 0.1) is 5.41 Å². The van der Waals surface area contributed by atoms with Crippen LogP contribution in [0.5, 0.6) is 0 Å². The fourth-order valence-corrected chi connectivity index (χ4v) is 3.74. The number of ketones is 1. The van der Waals surface area contributed by atoms with Gasteiger partial charge in [0.15, 0.2) is 5.78 Å². The number of fused-ring (bicyclic) bond motifs is 1. The number of rotatable bonds is 6. The lowest BCUT2D eigenvalue weighted by molar-refractivity contribution is -0.130. The summed E-state index contributed by atoms with van der Waals surface area (Å²) < 4.78 is 0. The summed E-state index contributed by atoms with van der Waals surface area (Å²) in [5.74, 6) is -1.01. The number of nitrogens with zero attached hydrogens (tertiary/aromatic N) is 1. The van der Waals surface area contributed by atoms with Gasteiger partial charge in [-0.15, -0.1) is 0 Å². The van der Waals surface area contributed by atoms with Crippen molar-refractivity contribution in [3.05, 3.63) is 69.1 Å². The molecule has 0 fully saturated rings. The van der Waals surface area contributed by atoms with Crippen LogP contribution in [-0.4, -0.2) is 40.6 Å². The van der Waals surface area contributed by atoms with Crippen molar-refractivity contribution in [1.29, 1.82) is 0 Å². The molecule has 7 heteroatoms. The zero-order valence-electron chi connectivity index (χ0n) is 17.6. The maximum atomic E-state index is 12.5. The monoisotopic (exact) mass is 409 g/mol. The third-order valence-corrected chi connectivity index (χ3v) is 5.31. The van der Waals surface area contributed by atoms with E-state index in [9.17, 15) is 19.2 Å². The Bertz CT molecular complexity index is 1020. The average Bonchev–Trinajstić information content (AvgIpc) is 2.69. The first kappa shape index (κ1) is 21.5. The van der Waals surface area contributed by atoms with Crippen LogP contribution in [0.4, 0.5) is 0 Å². The summed E-state index contributed by atoms with van der Waals surface area (Å²) in [4.78, 5) is 54.2. The number of H-pyrrole nitrogens is 1. The summed E-state index contributed by atoms with van der Waals surface area (Å²) >= 11 is 0. The van der Waals surface area contributed by atoms with Crippen molar-refractivity contribution < 1.29 is 14.4 Å². The number of nitrogens with one attached hydrogen (secondary N) is 2. The van der Waals surface area contributed by atoms with Gasteiger partial charge in [0.1, 0.15) is 5.56 Å². The van der Waals surface area contributed by atoms with Gasteiger partial charge in [0.25, 0.3) is 11.5 Å². The average molecular weight is 409 g/mol. The Morgan fingerprint density at radius 3 is 2.50 bits per heavy atom. The molecule has 1 aliphatic carbocycles. The van der Waals surface area contributed by atoms with E-state index in [-0.39, 0.29) is 29.2 Å². The van der Waals surface area contributed by atoms with Crippen LogP contribution in [0.15, 0.2) is 41.2 Å². The second kappa shape index (κ2) is 8.65. The number of benzene rings is 1. The molecule has 0 bridgehead atoms. The van der Waals surface area contributed by atoms with Crippen LogP contribution in [-0.2, 0) is 17.8 Å². The van der Waals surface area contributed by atoms with Crippen LogP contribution in [0.1, 0.15) is 59.2 Å². The maximum absolute atomic E-state index is 12.5. The lowest BCUT2D eigenvalue weighted by atomic mass is 9.75. The number of likely N-dealkylation sites (N-methyl/N-ethyl adjacent to an activating group) is 1. The molecule has 0 unspecified atom stereocenters. The van der Waals surface area contributed by atoms with Gasteiger partial charge in [0.05, 0.1) is 6.54 Å². The van der Waals surface area contributed by atoms with Gasteiger partial charge in [-0.2, -0.15) is 0 Å². The number of hydrogen-bond acceptors (Lipinski definition) is 4. The number of Topliss-reactive ketones (excluding diaryl/α,β-unsaturated/α-hetero) is 1. The molecule has 7 nitrogen and oxygen atoms in total. The van der Waals surface area contributed by atoms with Crippen molar-refractivity contribution >= 4 is 17.6 Å². The highest BCUT2D eigenvalue weighted by atomic mass is 16.2. The fourth-order valence-electron chi connectivity index (χ4n) is 3.74. The molecule has 2 amide bonds. The zero-order chi connectivity index (χ0) is 21.9. The molecule has 1 aromatic heterocycles. The minimum Gasteiger partial charge on any atom is -0.343 e. The molecule has 3 rings (SSSR count). The van der Waals surface area contributed by atoms with Gasteiger partial charge in [-0.25, -0.2) is 0 Å². The van der Waals surface area contributed by atoms with Gasteiger partial charge < -0.3 is 15.2 Å². The highest BCUT2D eigenvalue weighted by molar-refractivity contribution is 6.02. The number of carbonyl (C=O) groups is 3. The molecule has 1 aromatic carbocycles. The lowest BCUT2D eigenvalue weighted by Crippen LogP contribution is -2.41. The van der Waals surface area contributed by atoms with E-state index in [1.54, 1.807) is 4.90 Å². The summed E-state index contributed by atoms with van der Waals surface area (Å²) in [6.45, 7) is 6.50. The van der Waals surface area contributed by atoms with Gasteiger partial charge in [0.2, 0.25) is 5.91 Å². The summed E-state index contributed by atoms with van der Waals surface area (Å²) in [5, 5.41) is 2.52. The summed E-state index contributed by atoms with van der Waals surface area (Å²) in [6, 6.07) is 10.9. The molecule has 0 spiro atoms. The molecule has 0 saturated heterocycles. The van der Waals surface area contributed by atoms with E-state index in [1.165, 1.54) is 6.07 Å². The molecule has 30 heavy (non-hydrogen) atoms. The molecule has 2 aromatic rings. The predicted octanol–water partition coefficient (Wildman–Crippen LogP) is 2.31. The van der Waals surface area contributed by atoms with E-state index in [1.807, 2.05) is 51.1 Å². The van der Waals surface area contributed by atoms with Gasteiger partial charge >= 0.3 is 0 Å². The number of aromatic nitrogens is 1. The third-order valence-electron chi connectivity index (χ3n) is 5.31. The molecule has 1 aliphatic rings. The Morgan fingerprint density at radius 2 is 1.83 bits per heavy atom. The van der Waals surface area contributed by atoms with Crippen molar-refractivity contribution in [1.82, 2.24) is 15.2 Å². The molecule has 0 radical (unpaired) electrons. The Hall–Kier alpha value is -3.22. The first-order chi connectivity index (χ1) is 14.2. The molecule has 1 heterocycles. The largest absolute Gasteiger partial charge is 0.343 e. The van der Waals surface area contributed by atoms with Crippen molar-refractivity contribution in [3.63, 3.8) is 0 Å². The highest BCUT2D eigenvalue weighted by Gasteiger charge is 2.32. The molecular weight excluding hydrogens is 382 g/mol. The van der Waals surface area contributed by atoms with Crippen molar-refractivity contribution in [3.8, 4) is 0 Å². The van der Waals surface area contributed by atoms with Crippen LogP contribution >= 0.6 is 0 Å². The van der Waals surface area contributed by atoms with E-state index in [0.29, 0.717) is 37.2 Å². The number of pyridine rings is 1. The highest BCUT2D eigenvalue weighted by Crippen LogP contribution is 2.33. The minimum atomic E-state index is -0.666. The van der Waals surface area contributed by atoms with Crippen LogP contribution in [0.2, 0.25) is 0 Å². The normalized spacial score (nSPS) is 14.7. The predicted molar refractivity (Wildman–Crippen MR) is 113 cm³/mol. The first-order valence-corrected chi connectivity index (χ1v) is 10.1. The SMILES string of the molecule is CCN(Cc1ccccc1)C(=O)CNC(=O)c1cc2c([nH]c1=O)CC(C)(C)CC2=O. The van der Waals surface area contributed by atoms with Gasteiger partial charge in [0, 0.05) is 30.8 Å². The topological polar surface area (TPSA) is 99.3 Å². The van der Waals surface area contributed by atoms with Crippen LogP contribution in [0.3, 0.4) is 0 Å². The zero-order valence-corrected chi connectivity index (χ0v) is 17.6. The fraction of sp³-hybridized carbons (Fsp3) is 0.391. The second-order valence-electron chi connectivity index (χ2n) is 8.42. The van der Waals surface area contributed by atoms with E-state index in [0.717, 1.165) is 5.56 Å². The van der Waals surface area contributed by atoms with Crippen LogP contribution in [0.25, 0.3) is 0 Å². The summed E-state index contributed by atoms with van der Waals surface area (Å²) in [5.41, 5.74) is 0.998. The van der Waals surface area contributed by atoms with Crippen molar-refractivity contribution in [2.24, 2.45) is 5.41 Å². The molecular formula is C23H27N3O4. The molecule has 0 atom stereocenters. The van der Waals surface area contributed by atoms with E-state index >= 15 is 0 Å². The smallest absolute Gasteiger partial charge is 0.261 e. The number of aromatic amines is 1. The Kier molecular flexibility index (Phi) is 6.20. The van der Waals surface area contributed by atoms with Crippen molar-refractivity contribution in [2.45, 2.75) is 40.2 Å². The third kappa shape index (κ3) is 4.84. The number of hydrogen-bond donors (Lipinski definition) is 2. The van der Waals surface area contributed by atoms with Gasteiger partial charge in [-0.3, -0.25) is 19.2 Å². The Labute approximate surface area is 175 Å². The lowest BCUT2D eigenvalue weighted by Gasteiger charge is -2.29. The summed E-state index contributed by atoms with van der Waals surface area (Å²) in [6.07, 6.45) is 0.922. The Morgan fingerprint density at radius 1 is 1.13 bits per heavy atom. The molecule has 2 N–H and O–H groups in total. The quantitative estimate of drug-likeness (QED) is 0.765. The summed E-state index contributed by atoms with van der Waals surface area (Å²) in [7, 11) is 0. The van der Waals surface area contributed by atoms with E-state index in [4.69, 9.17) is 0 Å². The second-order valence-corrected chi connectivity index (χ2v) is 8.42. The van der Waals surface area contributed by atoms with Gasteiger partial charge in [-0.1, -0.05) is 44.2 Å². The van der Waals surface area contributed by atoms with E-state index in [2.05, 4.69) is 10.3 Å². The van der Waals surface area contributed by atoms with E-state index < -0.39 is 11.5 Å². The molecule has 158 valence electrons. The number of amides is 2. The Balaban J connectivity index is 1.69. The molecule has 0 aliphatic heterocycles. The maximum Gasteiger partial charge on any atom is 0.261 e. The standard InChI is InChI=1S/C23H27N3O4/c1-4-26(14-15-8-6-5-7-9-15)20(28)13-24-21(29)17-10-16-18(25-22(17)30)11-23(2,3)12-19(16)27/h5-10H,4,11-14H2,1-3H3,(H,24,29)(H,25,30). The minimum absolute atomic E-state index is 0.0948. The molecule has 0 saturated carbocycles. The first-order valence-electron chi connectivity index (χ1n) is 10.1. The number of carbonyl (C=O) groups excluding carboxylic acids is 3. The van der Waals surface area contributed by atoms with Crippen molar-refractivity contribution in [2.75, 3.05) is 13.1 Å².